The summed E-state index contributed by atoms with van der Waals surface area (Å²) < 4.78 is 18.6. The Bertz CT molecular complexity index is 1250. The number of esters is 1. The Kier molecular flexibility index (Phi) is 6.11. The molecule has 3 heterocycles. The van der Waals surface area contributed by atoms with Crippen LogP contribution in [0.1, 0.15) is 15.9 Å². The zero-order chi connectivity index (χ0) is 23.3. The van der Waals surface area contributed by atoms with Gasteiger partial charge in [-0.15, -0.1) is 0 Å². The normalized spacial score (nSPS) is 13.3. The van der Waals surface area contributed by atoms with E-state index in [-0.39, 0.29) is 12.1 Å². The van der Waals surface area contributed by atoms with E-state index in [2.05, 4.69) is 14.9 Å². The Morgan fingerprint density at radius 3 is 2.65 bits per heavy atom. The van der Waals surface area contributed by atoms with Gasteiger partial charge in [0, 0.05) is 24.8 Å². The van der Waals surface area contributed by atoms with Gasteiger partial charge in [-0.1, -0.05) is 24.3 Å². The van der Waals surface area contributed by atoms with E-state index in [1.165, 1.54) is 7.11 Å². The Labute approximate surface area is 197 Å². The molecule has 0 radical (unpaired) electrons. The standard InChI is InChI=1S/C26H24N4O4/c1-32-26(31)23-4-2-3-5-24(23)29-13-10-20(15-29)30-16-22(17-30)34-21-8-6-19(7-9-21)18-33-25-14-27-11-12-28-25/h2-15,22H,16-18H2,1H3. The van der Waals surface area contributed by atoms with E-state index in [0.717, 1.165) is 35.8 Å². The largest absolute Gasteiger partial charge is 0.487 e. The molecule has 5 rings (SSSR count). The minimum atomic E-state index is -0.352. The summed E-state index contributed by atoms with van der Waals surface area (Å²) in [6.45, 7) is 2.01. The van der Waals surface area contributed by atoms with E-state index in [0.29, 0.717) is 18.1 Å². The zero-order valence-electron chi connectivity index (χ0n) is 18.7. The molecular weight excluding hydrogens is 432 g/mol. The lowest BCUT2D eigenvalue weighted by atomic mass is 10.1. The highest BCUT2D eigenvalue weighted by atomic mass is 16.5. The van der Waals surface area contributed by atoms with Crippen molar-refractivity contribution in [3.8, 4) is 17.3 Å². The van der Waals surface area contributed by atoms with Gasteiger partial charge in [0.15, 0.2) is 0 Å². The first-order valence-electron chi connectivity index (χ1n) is 10.9. The quantitative estimate of drug-likeness (QED) is 0.372. The van der Waals surface area contributed by atoms with Gasteiger partial charge in [0.2, 0.25) is 5.88 Å². The fourth-order valence-electron chi connectivity index (χ4n) is 3.80. The number of anilines is 1. The number of carbonyl (C=O) groups excluding carboxylic acids is 1. The second kappa shape index (κ2) is 9.66. The van der Waals surface area contributed by atoms with Crippen LogP contribution in [0.3, 0.4) is 0 Å². The van der Waals surface area contributed by atoms with E-state index in [9.17, 15) is 4.79 Å². The fraction of sp³-hybridized carbons (Fsp3) is 0.192. The van der Waals surface area contributed by atoms with Crippen molar-refractivity contribution in [1.82, 2.24) is 14.5 Å². The van der Waals surface area contributed by atoms with Gasteiger partial charge in [0.05, 0.1) is 43.3 Å². The average Bonchev–Trinajstić information content (AvgIpc) is 3.35. The molecule has 2 aromatic heterocycles. The molecule has 1 saturated heterocycles. The summed E-state index contributed by atoms with van der Waals surface area (Å²) in [6.07, 6.45) is 8.89. The predicted molar refractivity (Wildman–Crippen MR) is 127 cm³/mol. The Balaban J connectivity index is 1.14. The summed E-state index contributed by atoms with van der Waals surface area (Å²) in [5.74, 6) is 0.979. The second-order valence-corrected chi connectivity index (χ2v) is 7.91. The Hall–Kier alpha value is -4.33. The highest BCUT2D eigenvalue weighted by Gasteiger charge is 2.29. The molecule has 1 aliphatic rings. The van der Waals surface area contributed by atoms with Crippen molar-refractivity contribution in [3.05, 3.63) is 96.7 Å². The number of aromatic nitrogens is 3. The average molecular weight is 457 g/mol. The summed E-state index contributed by atoms with van der Waals surface area (Å²) in [4.78, 5) is 22.4. The molecule has 0 bridgehead atoms. The summed E-state index contributed by atoms with van der Waals surface area (Å²) >= 11 is 0. The predicted octanol–water partition coefficient (Wildman–Crippen LogP) is 3.90. The van der Waals surface area contributed by atoms with Crippen LogP contribution >= 0.6 is 0 Å². The number of nitrogens with zero attached hydrogens (tertiary/aromatic N) is 4. The first-order chi connectivity index (χ1) is 16.7. The maximum absolute atomic E-state index is 12.1. The van der Waals surface area contributed by atoms with Crippen LogP contribution in [-0.2, 0) is 11.3 Å². The van der Waals surface area contributed by atoms with Gasteiger partial charge < -0.3 is 23.7 Å². The minimum Gasteiger partial charge on any atom is -0.487 e. The summed E-state index contributed by atoms with van der Waals surface area (Å²) in [6, 6.07) is 17.3. The van der Waals surface area contributed by atoms with Crippen molar-refractivity contribution in [3.63, 3.8) is 0 Å². The molecule has 0 N–H and O–H groups in total. The number of hydrogen-bond donors (Lipinski definition) is 0. The number of hydrogen-bond acceptors (Lipinski definition) is 7. The van der Waals surface area contributed by atoms with Crippen LogP contribution in [0.2, 0.25) is 0 Å². The van der Waals surface area contributed by atoms with Gasteiger partial charge in [-0.25, -0.2) is 9.78 Å². The number of rotatable bonds is 8. The molecule has 172 valence electrons. The molecular formula is C26H24N4O4. The molecule has 0 unspecified atom stereocenters. The van der Waals surface area contributed by atoms with Crippen LogP contribution in [0.15, 0.2) is 85.6 Å². The highest BCUT2D eigenvalue weighted by Crippen LogP contribution is 2.27. The van der Waals surface area contributed by atoms with Gasteiger partial charge in [-0.05, 0) is 35.9 Å². The molecule has 0 saturated carbocycles. The van der Waals surface area contributed by atoms with Crippen molar-refractivity contribution in [2.75, 3.05) is 25.1 Å². The second-order valence-electron chi connectivity index (χ2n) is 7.91. The molecule has 1 aliphatic heterocycles. The first-order valence-corrected chi connectivity index (χ1v) is 10.9. The van der Waals surface area contributed by atoms with Gasteiger partial charge in [-0.2, -0.15) is 0 Å². The van der Waals surface area contributed by atoms with Crippen LogP contribution in [0, 0.1) is 0 Å². The molecule has 0 aliphatic carbocycles. The number of methoxy groups -OCH3 is 1. The summed E-state index contributed by atoms with van der Waals surface area (Å²) in [5.41, 5.74) is 3.43. The molecule has 8 heteroatoms. The summed E-state index contributed by atoms with van der Waals surface area (Å²) in [7, 11) is 1.39. The molecule has 0 atom stereocenters. The van der Waals surface area contributed by atoms with Crippen molar-refractivity contribution in [1.29, 1.82) is 0 Å². The van der Waals surface area contributed by atoms with Gasteiger partial charge >= 0.3 is 5.97 Å². The van der Waals surface area contributed by atoms with E-state index in [1.54, 1.807) is 24.7 Å². The minimum absolute atomic E-state index is 0.118. The first kappa shape index (κ1) is 21.5. The molecule has 8 nitrogen and oxygen atoms in total. The molecule has 2 aromatic carbocycles. The lowest BCUT2D eigenvalue weighted by Crippen LogP contribution is -2.53. The summed E-state index contributed by atoms with van der Waals surface area (Å²) in [5, 5.41) is 0. The highest BCUT2D eigenvalue weighted by molar-refractivity contribution is 5.93. The zero-order valence-corrected chi connectivity index (χ0v) is 18.7. The van der Waals surface area contributed by atoms with E-state index in [4.69, 9.17) is 14.2 Å². The van der Waals surface area contributed by atoms with Crippen LogP contribution in [-0.4, -0.2) is 46.8 Å². The molecule has 34 heavy (non-hydrogen) atoms. The maximum Gasteiger partial charge on any atom is 0.339 e. The molecule has 0 spiro atoms. The lowest BCUT2D eigenvalue weighted by Gasteiger charge is -2.40. The number of carbonyl (C=O) groups is 1. The molecule has 4 aromatic rings. The van der Waals surface area contributed by atoms with Crippen LogP contribution in [0.5, 0.6) is 11.6 Å². The van der Waals surface area contributed by atoms with Gasteiger partial charge in [-0.3, -0.25) is 4.98 Å². The molecule has 0 amide bonds. The van der Waals surface area contributed by atoms with Gasteiger partial charge in [0.25, 0.3) is 0 Å². The number of benzene rings is 2. The lowest BCUT2D eigenvalue weighted by molar-refractivity contribution is 0.0600. The van der Waals surface area contributed by atoms with Gasteiger partial charge in [0.1, 0.15) is 18.5 Å². The van der Waals surface area contributed by atoms with E-state index < -0.39 is 0 Å². The SMILES string of the molecule is COC(=O)c1ccccc1-n1ccc(N2CC(Oc3ccc(COc4cnccn4)cc3)C2)c1. The van der Waals surface area contributed by atoms with Crippen molar-refractivity contribution < 1.29 is 19.0 Å². The number of ether oxygens (including phenoxy) is 3. The third-order valence-corrected chi connectivity index (χ3v) is 5.63. The third kappa shape index (κ3) is 4.71. The van der Waals surface area contributed by atoms with Crippen LogP contribution in [0.4, 0.5) is 5.69 Å². The monoisotopic (exact) mass is 456 g/mol. The van der Waals surface area contributed by atoms with Crippen LogP contribution < -0.4 is 14.4 Å². The molecule has 1 fully saturated rings. The van der Waals surface area contributed by atoms with E-state index >= 15 is 0 Å². The van der Waals surface area contributed by atoms with Crippen LogP contribution in [0.25, 0.3) is 5.69 Å². The van der Waals surface area contributed by atoms with Crippen molar-refractivity contribution in [2.24, 2.45) is 0 Å². The van der Waals surface area contributed by atoms with Crippen molar-refractivity contribution >= 4 is 11.7 Å². The third-order valence-electron chi connectivity index (χ3n) is 5.63. The maximum atomic E-state index is 12.1. The topological polar surface area (TPSA) is 78.7 Å². The number of para-hydroxylation sites is 1. The smallest absolute Gasteiger partial charge is 0.339 e. The van der Waals surface area contributed by atoms with Crippen molar-refractivity contribution in [2.45, 2.75) is 12.7 Å². The Morgan fingerprint density at radius 2 is 1.88 bits per heavy atom. The van der Waals surface area contributed by atoms with E-state index in [1.807, 2.05) is 65.5 Å². The Morgan fingerprint density at radius 1 is 1.06 bits per heavy atom. The fourth-order valence-corrected chi connectivity index (χ4v) is 3.80.